The lowest BCUT2D eigenvalue weighted by molar-refractivity contribution is -0.309. The summed E-state index contributed by atoms with van der Waals surface area (Å²) in [6.45, 7) is 4.77. The SMILES string of the molecule is CCCCCCCCO[C@H]1O[C@H](CO)[C@H](O)[C@H](O)[C@H]1OCCC. The van der Waals surface area contributed by atoms with E-state index in [1.807, 2.05) is 6.92 Å². The highest BCUT2D eigenvalue weighted by atomic mass is 16.7. The van der Waals surface area contributed by atoms with Crippen LogP contribution in [0.3, 0.4) is 0 Å². The molecule has 0 spiro atoms. The molecule has 0 aromatic carbocycles. The first-order chi connectivity index (χ1) is 11.2. The lowest BCUT2D eigenvalue weighted by Crippen LogP contribution is -2.60. The van der Waals surface area contributed by atoms with Crippen molar-refractivity contribution in [3.05, 3.63) is 0 Å². The van der Waals surface area contributed by atoms with Crippen LogP contribution >= 0.6 is 0 Å². The summed E-state index contributed by atoms with van der Waals surface area (Å²) in [5.74, 6) is 0. The van der Waals surface area contributed by atoms with Crippen LogP contribution in [0.4, 0.5) is 0 Å². The second-order valence-corrected chi connectivity index (χ2v) is 6.18. The number of hydrogen-bond acceptors (Lipinski definition) is 6. The zero-order valence-corrected chi connectivity index (χ0v) is 14.5. The molecule has 1 aliphatic rings. The number of rotatable bonds is 12. The monoisotopic (exact) mass is 334 g/mol. The maximum Gasteiger partial charge on any atom is 0.186 e. The van der Waals surface area contributed by atoms with Crippen molar-refractivity contribution in [1.29, 1.82) is 0 Å². The first kappa shape index (κ1) is 20.8. The van der Waals surface area contributed by atoms with Crippen LogP contribution in [0, 0.1) is 0 Å². The van der Waals surface area contributed by atoms with E-state index in [9.17, 15) is 15.3 Å². The van der Waals surface area contributed by atoms with E-state index in [0.717, 1.165) is 19.3 Å². The summed E-state index contributed by atoms with van der Waals surface area (Å²) in [6.07, 6.45) is 3.13. The lowest BCUT2D eigenvalue weighted by Gasteiger charge is -2.41. The first-order valence-corrected chi connectivity index (χ1v) is 9.01. The van der Waals surface area contributed by atoms with Gasteiger partial charge in [0.1, 0.15) is 24.4 Å². The van der Waals surface area contributed by atoms with Gasteiger partial charge in [0.25, 0.3) is 0 Å². The fourth-order valence-electron chi connectivity index (χ4n) is 2.70. The van der Waals surface area contributed by atoms with Crippen molar-refractivity contribution >= 4 is 0 Å². The molecule has 3 N–H and O–H groups in total. The Hall–Kier alpha value is -0.240. The minimum atomic E-state index is -1.17. The molecule has 0 radical (unpaired) electrons. The Morgan fingerprint density at radius 2 is 1.52 bits per heavy atom. The molecule has 6 nitrogen and oxygen atoms in total. The van der Waals surface area contributed by atoms with Crippen LogP contribution in [-0.2, 0) is 14.2 Å². The van der Waals surface area contributed by atoms with Crippen LogP contribution < -0.4 is 0 Å². The summed E-state index contributed by atoms with van der Waals surface area (Å²) >= 11 is 0. The maximum atomic E-state index is 10.2. The van der Waals surface area contributed by atoms with E-state index < -0.39 is 30.7 Å². The third kappa shape index (κ3) is 7.03. The van der Waals surface area contributed by atoms with Gasteiger partial charge in [-0.3, -0.25) is 0 Å². The highest BCUT2D eigenvalue weighted by molar-refractivity contribution is 4.90. The zero-order chi connectivity index (χ0) is 17.1. The van der Waals surface area contributed by atoms with Crippen molar-refractivity contribution in [2.45, 2.75) is 89.5 Å². The normalized spacial score (nSPS) is 31.4. The molecule has 1 rings (SSSR count). The smallest absolute Gasteiger partial charge is 0.186 e. The molecule has 0 amide bonds. The molecule has 0 unspecified atom stereocenters. The summed E-state index contributed by atoms with van der Waals surface area (Å²) in [5, 5.41) is 29.4. The largest absolute Gasteiger partial charge is 0.394 e. The fourth-order valence-corrected chi connectivity index (χ4v) is 2.70. The van der Waals surface area contributed by atoms with Crippen molar-refractivity contribution in [1.82, 2.24) is 0 Å². The molecule has 5 atom stereocenters. The average Bonchev–Trinajstić information content (AvgIpc) is 2.56. The van der Waals surface area contributed by atoms with E-state index in [2.05, 4.69) is 6.92 Å². The molecule has 0 saturated carbocycles. The summed E-state index contributed by atoms with van der Waals surface area (Å²) in [5.41, 5.74) is 0. The summed E-state index contributed by atoms with van der Waals surface area (Å²) in [4.78, 5) is 0. The number of unbranched alkanes of at least 4 members (excludes halogenated alkanes) is 5. The zero-order valence-electron chi connectivity index (χ0n) is 14.5. The van der Waals surface area contributed by atoms with E-state index in [1.165, 1.54) is 25.7 Å². The topological polar surface area (TPSA) is 88.4 Å². The van der Waals surface area contributed by atoms with E-state index in [-0.39, 0.29) is 6.61 Å². The Bertz CT molecular complexity index is 288. The van der Waals surface area contributed by atoms with Gasteiger partial charge >= 0.3 is 0 Å². The summed E-state index contributed by atoms with van der Waals surface area (Å²) in [6, 6.07) is 0. The predicted molar refractivity (Wildman–Crippen MR) is 87.1 cm³/mol. The van der Waals surface area contributed by atoms with Gasteiger partial charge in [0.05, 0.1) is 6.61 Å². The first-order valence-electron chi connectivity index (χ1n) is 9.01. The molecule has 6 heteroatoms. The second-order valence-electron chi connectivity index (χ2n) is 6.18. The van der Waals surface area contributed by atoms with Crippen molar-refractivity contribution in [3.63, 3.8) is 0 Å². The van der Waals surface area contributed by atoms with Gasteiger partial charge in [0, 0.05) is 13.2 Å². The minimum Gasteiger partial charge on any atom is -0.394 e. The quantitative estimate of drug-likeness (QED) is 0.470. The van der Waals surface area contributed by atoms with Gasteiger partial charge in [-0.15, -0.1) is 0 Å². The molecule has 23 heavy (non-hydrogen) atoms. The van der Waals surface area contributed by atoms with Crippen LogP contribution in [0.5, 0.6) is 0 Å². The molecular formula is C17H34O6. The van der Waals surface area contributed by atoms with Gasteiger partial charge in [-0.05, 0) is 12.8 Å². The van der Waals surface area contributed by atoms with Crippen LogP contribution in [-0.4, -0.2) is 65.8 Å². The Labute approximate surface area is 139 Å². The summed E-state index contributed by atoms with van der Waals surface area (Å²) in [7, 11) is 0. The molecule has 1 saturated heterocycles. The van der Waals surface area contributed by atoms with Gasteiger partial charge in [-0.2, -0.15) is 0 Å². The molecular weight excluding hydrogens is 300 g/mol. The van der Waals surface area contributed by atoms with Crippen molar-refractivity contribution in [2.24, 2.45) is 0 Å². The van der Waals surface area contributed by atoms with Crippen LogP contribution in [0.25, 0.3) is 0 Å². The molecule has 1 heterocycles. The third-order valence-electron chi connectivity index (χ3n) is 4.12. The van der Waals surface area contributed by atoms with Crippen molar-refractivity contribution in [2.75, 3.05) is 19.8 Å². The standard InChI is InChI=1S/C17H34O6/c1-3-5-6-7-8-9-11-22-17-16(21-10-4-2)15(20)14(19)13(12-18)23-17/h13-20H,3-12H2,1-2H3/t13-,14+,15+,16-,17+/m1/s1. The summed E-state index contributed by atoms with van der Waals surface area (Å²) < 4.78 is 16.9. The lowest BCUT2D eigenvalue weighted by atomic mass is 9.99. The van der Waals surface area contributed by atoms with Crippen LogP contribution in [0.1, 0.15) is 58.8 Å². The number of hydrogen-bond donors (Lipinski definition) is 3. The highest BCUT2D eigenvalue weighted by Crippen LogP contribution is 2.25. The van der Waals surface area contributed by atoms with E-state index in [1.54, 1.807) is 0 Å². The second kappa shape index (κ2) is 12.2. The van der Waals surface area contributed by atoms with Gasteiger partial charge in [-0.1, -0.05) is 46.0 Å². The van der Waals surface area contributed by atoms with Gasteiger partial charge < -0.3 is 29.5 Å². The Kier molecular flexibility index (Phi) is 11.0. The van der Waals surface area contributed by atoms with Crippen molar-refractivity contribution < 1.29 is 29.5 Å². The number of aliphatic hydroxyl groups excluding tert-OH is 3. The molecule has 1 aliphatic heterocycles. The van der Waals surface area contributed by atoms with E-state index in [0.29, 0.717) is 13.2 Å². The Morgan fingerprint density at radius 1 is 0.826 bits per heavy atom. The maximum absolute atomic E-state index is 10.2. The molecule has 0 aliphatic carbocycles. The average molecular weight is 334 g/mol. The van der Waals surface area contributed by atoms with Gasteiger partial charge in [0.15, 0.2) is 6.29 Å². The molecule has 1 fully saturated rings. The number of aliphatic hydroxyl groups is 3. The molecule has 0 bridgehead atoms. The molecule has 0 aromatic rings. The number of ether oxygens (including phenoxy) is 3. The van der Waals surface area contributed by atoms with Crippen LogP contribution in [0.2, 0.25) is 0 Å². The third-order valence-corrected chi connectivity index (χ3v) is 4.12. The molecule has 138 valence electrons. The Morgan fingerprint density at radius 3 is 2.17 bits per heavy atom. The van der Waals surface area contributed by atoms with E-state index >= 15 is 0 Å². The Balaban J connectivity index is 2.40. The van der Waals surface area contributed by atoms with E-state index in [4.69, 9.17) is 14.2 Å². The van der Waals surface area contributed by atoms with Gasteiger partial charge in [0.2, 0.25) is 0 Å². The highest BCUT2D eigenvalue weighted by Gasteiger charge is 2.45. The van der Waals surface area contributed by atoms with Gasteiger partial charge in [-0.25, -0.2) is 0 Å². The van der Waals surface area contributed by atoms with Crippen LogP contribution in [0.15, 0.2) is 0 Å². The predicted octanol–water partition coefficient (Wildman–Crippen LogP) is 1.60. The minimum absolute atomic E-state index is 0.365. The fraction of sp³-hybridized carbons (Fsp3) is 1.00. The van der Waals surface area contributed by atoms with Crippen molar-refractivity contribution in [3.8, 4) is 0 Å². The molecule has 0 aromatic heterocycles.